The van der Waals surface area contributed by atoms with Gasteiger partial charge in [0.25, 0.3) is 0 Å². The second-order valence-corrected chi connectivity index (χ2v) is 8.80. The van der Waals surface area contributed by atoms with Gasteiger partial charge in [-0.1, -0.05) is 35.7 Å². The van der Waals surface area contributed by atoms with E-state index in [0.29, 0.717) is 16.1 Å². The fraction of sp³-hybridized carbons (Fsp3) is 0.650. The van der Waals surface area contributed by atoms with E-state index in [1.165, 1.54) is 12.8 Å². The second kappa shape index (κ2) is 7.09. The summed E-state index contributed by atoms with van der Waals surface area (Å²) in [4.78, 5) is 15.4. The number of halogens is 2. The van der Waals surface area contributed by atoms with E-state index in [-0.39, 0.29) is 11.3 Å². The highest BCUT2D eigenvalue weighted by molar-refractivity contribution is 6.42. The molecule has 1 N–H and O–H groups in total. The molecule has 1 aliphatic heterocycles. The van der Waals surface area contributed by atoms with E-state index < -0.39 is 0 Å². The highest BCUT2D eigenvalue weighted by atomic mass is 35.5. The maximum atomic E-state index is 13.3. The lowest BCUT2D eigenvalue weighted by molar-refractivity contribution is -0.142. The first-order valence-corrected chi connectivity index (χ1v) is 10.3. The Morgan fingerprint density at radius 3 is 2.40 bits per heavy atom. The number of piperidine rings is 1. The van der Waals surface area contributed by atoms with E-state index in [1.807, 2.05) is 18.2 Å². The zero-order valence-corrected chi connectivity index (χ0v) is 16.1. The monoisotopic (exact) mass is 380 g/mol. The van der Waals surface area contributed by atoms with Crippen molar-refractivity contribution in [1.82, 2.24) is 10.2 Å². The molecule has 0 unspecified atom stereocenters. The lowest BCUT2D eigenvalue weighted by Gasteiger charge is -2.45. The van der Waals surface area contributed by atoms with Crippen LogP contribution in [0.4, 0.5) is 0 Å². The van der Waals surface area contributed by atoms with Crippen LogP contribution in [0, 0.1) is 5.92 Å². The van der Waals surface area contributed by atoms with Gasteiger partial charge in [-0.25, -0.2) is 0 Å². The Hall–Kier alpha value is -0.770. The number of nitrogens with zero attached hydrogens (tertiary/aromatic N) is 1. The average Bonchev–Trinajstić information content (AvgIpc) is 3.40. The molecule has 0 radical (unpaired) electrons. The summed E-state index contributed by atoms with van der Waals surface area (Å²) in [6.07, 6.45) is 7.84. The number of carbonyl (C=O) groups excluding carboxylic acids is 1. The predicted octanol–water partition coefficient (Wildman–Crippen LogP) is 4.41. The molecule has 0 bridgehead atoms. The molecule has 3 aliphatic rings. The molecule has 2 aliphatic carbocycles. The SMILES string of the molecule is O=C(N1CCC(NCC2CC2)CC1)C1(c2ccc(Cl)c(Cl)c2)CCC1. The summed E-state index contributed by atoms with van der Waals surface area (Å²) in [6, 6.07) is 6.27. The van der Waals surface area contributed by atoms with Gasteiger partial charge in [-0.3, -0.25) is 4.79 Å². The van der Waals surface area contributed by atoms with Gasteiger partial charge in [-0.2, -0.15) is 0 Å². The molecule has 1 aromatic rings. The minimum absolute atomic E-state index is 0.290. The Balaban J connectivity index is 1.41. The van der Waals surface area contributed by atoms with Crippen LogP contribution in [0.1, 0.15) is 50.5 Å². The molecule has 1 amide bonds. The number of hydrogen-bond acceptors (Lipinski definition) is 2. The van der Waals surface area contributed by atoms with E-state index in [9.17, 15) is 4.79 Å². The van der Waals surface area contributed by atoms with E-state index in [4.69, 9.17) is 23.2 Å². The molecular weight excluding hydrogens is 355 g/mol. The summed E-state index contributed by atoms with van der Waals surface area (Å²) >= 11 is 12.3. The first-order valence-electron chi connectivity index (χ1n) is 9.57. The van der Waals surface area contributed by atoms with Gasteiger partial charge in [0.2, 0.25) is 5.91 Å². The lowest BCUT2D eigenvalue weighted by atomic mass is 9.63. The van der Waals surface area contributed by atoms with Crippen molar-refractivity contribution in [3.63, 3.8) is 0 Å². The van der Waals surface area contributed by atoms with Gasteiger partial charge in [-0.05, 0) is 68.7 Å². The summed E-state index contributed by atoms with van der Waals surface area (Å²) in [5.41, 5.74) is 0.662. The molecule has 3 nitrogen and oxygen atoms in total. The molecule has 5 heteroatoms. The number of likely N-dealkylation sites (tertiary alicyclic amines) is 1. The molecule has 0 spiro atoms. The minimum Gasteiger partial charge on any atom is -0.342 e. The second-order valence-electron chi connectivity index (χ2n) is 7.98. The molecule has 1 aromatic carbocycles. The van der Waals surface area contributed by atoms with E-state index >= 15 is 0 Å². The first-order chi connectivity index (χ1) is 12.1. The summed E-state index contributed by atoms with van der Waals surface area (Å²) in [5, 5.41) is 4.78. The molecule has 136 valence electrons. The van der Waals surface area contributed by atoms with Gasteiger partial charge in [-0.15, -0.1) is 0 Å². The number of carbonyl (C=O) groups is 1. The average molecular weight is 381 g/mol. The molecule has 4 rings (SSSR count). The molecule has 0 aromatic heterocycles. The predicted molar refractivity (Wildman–Crippen MR) is 102 cm³/mol. The van der Waals surface area contributed by atoms with Crippen LogP contribution in [0.25, 0.3) is 0 Å². The first kappa shape index (κ1) is 17.6. The van der Waals surface area contributed by atoms with Crippen molar-refractivity contribution in [2.45, 2.75) is 56.4 Å². The Morgan fingerprint density at radius 2 is 1.84 bits per heavy atom. The smallest absolute Gasteiger partial charge is 0.233 e. The van der Waals surface area contributed by atoms with Crippen molar-refractivity contribution >= 4 is 29.1 Å². The summed E-state index contributed by atoms with van der Waals surface area (Å²) in [5.74, 6) is 1.20. The topological polar surface area (TPSA) is 32.3 Å². The Labute approximate surface area is 160 Å². The molecule has 3 fully saturated rings. The summed E-state index contributed by atoms with van der Waals surface area (Å²) in [7, 11) is 0. The van der Waals surface area contributed by atoms with E-state index in [0.717, 1.165) is 63.2 Å². The number of benzene rings is 1. The normalized spacial score (nSPS) is 23.4. The van der Waals surface area contributed by atoms with Gasteiger partial charge in [0.1, 0.15) is 0 Å². The number of nitrogens with one attached hydrogen (secondary N) is 1. The third-order valence-corrected chi connectivity index (χ3v) is 7.00. The highest BCUT2D eigenvalue weighted by Crippen LogP contribution is 2.46. The van der Waals surface area contributed by atoms with Crippen LogP contribution in [-0.2, 0) is 10.2 Å². The number of rotatable bonds is 5. The molecule has 1 saturated heterocycles. The van der Waals surface area contributed by atoms with Gasteiger partial charge in [0.05, 0.1) is 15.5 Å². The van der Waals surface area contributed by atoms with Gasteiger partial charge >= 0.3 is 0 Å². The van der Waals surface area contributed by atoms with Crippen molar-refractivity contribution < 1.29 is 4.79 Å². The number of hydrogen-bond donors (Lipinski definition) is 1. The Morgan fingerprint density at radius 1 is 1.12 bits per heavy atom. The molecule has 1 heterocycles. The standard InChI is InChI=1S/C20H26Cl2N2O/c21-17-5-4-15(12-18(17)22)20(8-1-9-20)19(25)24-10-6-16(7-11-24)23-13-14-2-3-14/h4-5,12,14,16,23H,1-3,6-11,13H2. The number of amides is 1. The zero-order valence-electron chi connectivity index (χ0n) is 14.6. The minimum atomic E-state index is -0.373. The summed E-state index contributed by atoms with van der Waals surface area (Å²) < 4.78 is 0. The van der Waals surface area contributed by atoms with Gasteiger partial charge in [0, 0.05) is 19.1 Å². The third kappa shape index (κ3) is 3.56. The van der Waals surface area contributed by atoms with Crippen LogP contribution in [-0.4, -0.2) is 36.5 Å². The van der Waals surface area contributed by atoms with Gasteiger partial charge < -0.3 is 10.2 Å². The van der Waals surface area contributed by atoms with Crippen LogP contribution in [0.2, 0.25) is 10.0 Å². The highest BCUT2D eigenvalue weighted by Gasteiger charge is 2.48. The van der Waals surface area contributed by atoms with E-state index in [2.05, 4.69) is 10.2 Å². The Kier molecular flexibility index (Phi) is 5.00. The van der Waals surface area contributed by atoms with Crippen LogP contribution >= 0.6 is 23.2 Å². The Bertz CT molecular complexity index is 647. The fourth-order valence-electron chi connectivity index (χ4n) is 4.19. The van der Waals surface area contributed by atoms with Crippen LogP contribution in [0.3, 0.4) is 0 Å². The van der Waals surface area contributed by atoms with Crippen molar-refractivity contribution in [3.05, 3.63) is 33.8 Å². The maximum absolute atomic E-state index is 13.3. The van der Waals surface area contributed by atoms with Crippen LogP contribution in [0.5, 0.6) is 0 Å². The quantitative estimate of drug-likeness (QED) is 0.820. The van der Waals surface area contributed by atoms with Crippen LogP contribution < -0.4 is 5.32 Å². The maximum Gasteiger partial charge on any atom is 0.233 e. The molecule has 0 atom stereocenters. The fourth-order valence-corrected chi connectivity index (χ4v) is 4.49. The molecule has 25 heavy (non-hydrogen) atoms. The lowest BCUT2D eigenvalue weighted by Crippen LogP contribution is -2.54. The summed E-state index contributed by atoms with van der Waals surface area (Å²) in [6.45, 7) is 2.89. The largest absolute Gasteiger partial charge is 0.342 e. The van der Waals surface area contributed by atoms with Crippen molar-refractivity contribution in [2.24, 2.45) is 5.92 Å². The van der Waals surface area contributed by atoms with Crippen molar-refractivity contribution in [3.8, 4) is 0 Å². The van der Waals surface area contributed by atoms with Crippen molar-refractivity contribution in [1.29, 1.82) is 0 Å². The van der Waals surface area contributed by atoms with E-state index in [1.54, 1.807) is 0 Å². The van der Waals surface area contributed by atoms with Crippen LogP contribution in [0.15, 0.2) is 18.2 Å². The molecule has 2 saturated carbocycles. The molecular formula is C20H26Cl2N2O. The third-order valence-electron chi connectivity index (χ3n) is 6.26. The van der Waals surface area contributed by atoms with Gasteiger partial charge in [0.15, 0.2) is 0 Å². The van der Waals surface area contributed by atoms with Crippen molar-refractivity contribution in [2.75, 3.05) is 19.6 Å². The zero-order chi connectivity index (χ0) is 17.4.